The van der Waals surface area contributed by atoms with E-state index in [4.69, 9.17) is 38.6 Å². The Bertz CT molecular complexity index is 356. The average Bonchev–Trinajstić information content (AvgIpc) is 2.68. The van der Waals surface area contributed by atoms with E-state index in [1.165, 1.54) is 0 Å². The molecule has 11 nitrogen and oxygen atoms in total. The smallest absolute Gasteiger partial charge is 0.305 e. The molecule has 0 amide bonds. The second-order valence-corrected chi connectivity index (χ2v) is 5.71. The first-order valence-corrected chi connectivity index (χ1v) is 9.73. The van der Waals surface area contributed by atoms with Crippen molar-refractivity contribution in [1.82, 2.24) is 5.32 Å². The number of nitrogens with one attached hydrogen (secondary N) is 1. The topological polar surface area (TPSA) is 142 Å². The minimum atomic E-state index is -0.873. The highest BCUT2D eigenvalue weighted by molar-refractivity contribution is 5.85. The third-order valence-electron chi connectivity index (χ3n) is 3.25. The maximum atomic E-state index is 10.3. The van der Waals surface area contributed by atoms with Gasteiger partial charge in [0.05, 0.1) is 92.1 Å². The number of carboxylic acid groups (broad SMARTS) is 2. The first kappa shape index (κ1) is 31.1. The fourth-order valence-electron chi connectivity index (χ4n) is 1.82. The fourth-order valence-corrected chi connectivity index (χ4v) is 1.82. The molecule has 0 rings (SSSR count). The Kier molecular flexibility index (Phi) is 27.0. The van der Waals surface area contributed by atoms with Crippen LogP contribution >= 0.6 is 12.4 Å². The molecule has 0 bridgehead atoms. The van der Waals surface area contributed by atoms with Crippen LogP contribution in [0.2, 0.25) is 0 Å². The van der Waals surface area contributed by atoms with Gasteiger partial charge in [0.15, 0.2) is 0 Å². The molecule has 0 radical (unpaired) electrons. The minimum Gasteiger partial charge on any atom is -0.481 e. The van der Waals surface area contributed by atoms with Crippen molar-refractivity contribution < 1.29 is 48.2 Å². The fraction of sp³-hybridized carbons (Fsp3) is 0.889. The van der Waals surface area contributed by atoms with E-state index in [0.717, 1.165) is 0 Å². The Morgan fingerprint density at radius 3 is 1.07 bits per heavy atom. The van der Waals surface area contributed by atoms with Gasteiger partial charge in [0.1, 0.15) is 0 Å². The van der Waals surface area contributed by atoms with E-state index < -0.39 is 11.9 Å². The molecule has 0 unspecified atom stereocenters. The van der Waals surface area contributed by atoms with Crippen LogP contribution in [0.1, 0.15) is 12.8 Å². The van der Waals surface area contributed by atoms with Crippen LogP contribution < -0.4 is 5.32 Å². The van der Waals surface area contributed by atoms with Gasteiger partial charge in [0.2, 0.25) is 0 Å². The molecule has 30 heavy (non-hydrogen) atoms. The highest BCUT2D eigenvalue weighted by Gasteiger charge is 1.97. The van der Waals surface area contributed by atoms with E-state index in [1.54, 1.807) is 0 Å². The summed E-state index contributed by atoms with van der Waals surface area (Å²) in [6.07, 6.45) is 0.00384. The summed E-state index contributed by atoms with van der Waals surface area (Å²) in [6.45, 7) is 6.47. The lowest BCUT2D eigenvalue weighted by atomic mass is 10.5. The van der Waals surface area contributed by atoms with Crippen molar-refractivity contribution in [2.24, 2.45) is 0 Å². The molecule has 0 aromatic carbocycles. The van der Waals surface area contributed by atoms with Gasteiger partial charge in [0, 0.05) is 13.1 Å². The van der Waals surface area contributed by atoms with Crippen LogP contribution in [0.3, 0.4) is 0 Å². The Morgan fingerprint density at radius 2 is 0.767 bits per heavy atom. The van der Waals surface area contributed by atoms with Crippen LogP contribution in [0.15, 0.2) is 0 Å². The Balaban J connectivity index is 0. The van der Waals surface area contributed by atoms with Gasteiger partial charge < -0.3 is 44.0 Å². The number of halogens is 1. The van der Waals surface area contributed by atoms with Crippen molar-refractivity contribution in [2.75, 3.05) is 92.4 Å². The van der Waals surface area contributed by atoms with E-state index in [-0.39, 0.29) is 38.5 Å². The maximum absolute atomic E-state index is 10.3. The van der Waals surface area contributed by atoms with E-state index in [9.17, 15) is 9.59 Å². The van der Waals surface area contributed by atoms with Crippen molar-refractivity contribution in [2.45, 2.75) is 12.8 Å². The summed E-state index contributed by atoms with van der Waals surface area (Å²) >= 11 is 0. The molecule has 0 saturated heterocycles. The van der Waals surface area contributed by atoms with E-state index in [0.29, 0.717) is 79.2 Å². The third-order valence-corrected chi connectivity index (χ3v) is 3.25. The predicted octanol–water partition coefficient (Wildman–Crippen LogP) is 0.0468. The summed E-state index contributed by atoms with van der Waals surface area (Å²) in [4.78, 5) is 20.5. The molecule has 0 aliphatic carbocycles. The maximum Gasteiger partial charge on any atom is 0.305 e. The number of hydrogen-bond donors (Lipinski definition) is 3. The molecule has 180 valence electrons. The van der Waals surface area contributed by atoms with E-state index >= 15 is 0 Å². The van der Waals surface area contributed by atoms with E-state index in [1.807, 2.05) is 0 Å². The highest BCUT2D eigenvalue weighted by atomic mass is 35.5. The molecule has 0 aliphatic heterocycles. The molecule has 0 aromatic rings. The largest absolute Gasteiger partial charge is 0.481 e. The lowest BCUT2D eigenvalue weighted by Crippen LogP contribution is -2.25. The monoisotopic (exact) mass is 461 g/mol. The number of carbonyl (C=O) groups is 2. The van der Waals surface area contributed by atoms with Crippen LogP contribution in [0.25, 0.3) is 0 Å². The quantitative estimate of drug-likeness (QED) is 0.168. The zero-order chi connectivity index (χ0) is 21.4. The minimum absolute atomic E-state index is 0. The SMILES string of the molecule is Cl.O=C(O)CCOCCOCCOCCNCCOCCOCCOCCC(=O)O. The zero-order valence-electron chi connectivity index (χ0n) is 17.4. The lowest BCUT2D eigenvalue weighted by Gasteiger charge is -2.08. The van der Waals surface area contributed by atoms with Gasteiger partial charge in [0.25, 0.3) is 0 Å². The number of carboxylic acids is 2. The summed E-state index contributed by atoms with van der Waals surface area (Å²) in [5.41, 5.74) is 0. The number of rotatable bonds is 24. The lowest BCUT2D eigenvalue weighted by molar-refractivity contribution is -0.139. The Morgan fingerprint density at radius 1 is 0.500 bits per heavy atom. The molecular formula is C18H36ClNO10. The molecule has 0 fully saturated rings. The van der Waals surface area contributed by atoms with Crippen molar-refractivity contribution in [3.8, 4) is 0 Å². The van der Waals surface area contributed by atoms with Crippen LogP contribution in [0.5, 0.6) is 0 Å². The molecule has 0 aromatic heterocycles. The average molecular weight is 462 g/mol. The van der Waals surface area contributed by atoms with Crippen molar-refractivity contribution in [1.29, 1.82) is 0 Å². The van der Waals surface area contributed by atoms with Crippen LogP contribution in [-0.4, -0.2) is 115 Å². The van der Waals surface area contributed by atoms with Gasteiger partial charge in [-0.3, -0.25) is 9.59 Å². The summed E-state index contributed by atoms with van der Waals surface area (Å²) in [5.74, 6) is -1.75. The van der Waals surface area contributed by atoms with Crippen LogP contribution in [0.4, 0.5) is 0 Å². The summed E-state index contributed by atoms with van der Waals surface area (Å²) in [5, 5.41) is 20.0. The van der Waals surface area contributed by atoms with E-state index in [2.05, 4.69) is 5.32 Å². The standard InChI is InChI=1S/C18H35NO10.ClH/c20-17(21)1-5-24-9-13-28-15-11-26-7-3-19-4-8-27-12-16-29-14-10-25-6-2-18(22)23;/h19H,1-16H2,(H,20,21)(H,22,23);1H. The van der Waals surface area contributed by atoms with Gasteiger partial charge in [-0.05, 0) is 0 Å². The Labute approximate surface area is 183 Å². The van der Waals surface area contributed by atoms with Gasteiger partial charge in [-0.15, -0.1) is 12.4 Å². The zero-order valence-corrected chi connectivity index (χ0v) is 18.2. The van der Waals surface area contributed by atoms with Gasteiger partial charge in [-0.1, -0.05) is 0 Å². The normalized spacial score (nSPS) is 10.7. The highest BCUT2D eigenvalue weighted by Crippen LogP contribution is 1.86. The molecule has 0 aliphatic rings. The molecule has 0 heterocycles. The molecule has 3 N–H and O–H groups in total. The molecule has 12 heteroatoms. The van der Waals surface area contributed by atoms with Gasteiger partial charge in [-0.2, -0.15) is 0 Å². The molecule has 0 atom stereocenters. The molecule has 0 saturated carbocycles. The van der Waals surface area contributed by atoms with Crippen LogP contribution in [0, 0.1) is 0 Å². The second-order valence-electron chi connectivity index (χ2n) is 5.71. The van der Waals surface area contributed by atoms with Crippen LogP contribution in [-0.2, 0) is 38.0 Å². The number of hydrogen-bond acceptors (Lipinski definition) is 9. The second kappa shape index (κ2) is 26.0. The number of aliphatic carboxylic acids is 2. The first-order chi connectivity index (χ1) is 14.1. The number of ether oxygens (including phenoxy) is 6. The first-order valence-electron chi connectivity index (χ1n) is 9.73. The summed E-state index contributed by atoms with van der Waals surface area (Å²) in [6, 6.07) is 0. The van der Waals surface area contributed by atoms with Crippen molar-refractivity contribution >= 4 is 24.3 Å². The van der Waals surface area contributed by atoms with Gasteiger partial charge in [-0.25, -0.2) is 0 Å². The van der Waals surface area contributed by atoms with Crippen molar-refractivity contribution in [3.63, 3.8) is 0 Å². The van der Waals surface area contributed by atoms with Gasteiger partial charge >= 0.3 is 11.9 Å². The van der Waals surface area contributed by atoms with Crippen molar-refractivity contribution in [3.05, 3.63) is 0 Å². The Hall–Kier alpha value is -1.05. The summed E-state index contributed by atoms with van der Waals surface area (Å²) < 4.78 is 31.5. The third kappa shape index (κ3) is 29.2. The molecule has 0 spiro atoms. The molecular weight excluding hydrogens is 426 g/mol. The predicted molar refractivity (Wildman–Crippen MR) is 110 cm³/mol. The summed E-state index contributed by atoms with van der Waals surface area (Å²) in [7, 11) is 0.